The Morgan fingerprint density at radius 1 is 1.07 bits per heavy atom. The summed E-state index contributed by atoms with van der Waals surface area (Å²) in [7, 11) is 7.85. The van der Waals surface area contributed by atoms with Gasteiger partial charge in [0.2, 0.25) is 0 Å². The lowest BCUT2D eigenvalue weighted by atomic mass is 9.58. The van der Waals surface area contributed by atoms with Crippen molar-refractivity contribution >= 4 is 28.8 Å². The van der Waals surface area contributed by atoms with Crippen LogP contribution in [0.2, 0.25) is 0 Å². The molecule has 232 valence electrons. The van der Waals surface area contributed by atoms with Gasteiger partial charge in [-0.05, 0) is 73.0 Å². The van der Waals surface area contributed by atoms with Gasteiger partial charge in [0.05, 0.1) is 17.2 Å². The van der Waals surface area contributed by atoms with Crippen LogP contribution in [-0.4, -0.2) is 84.6 Å². The van der Waals surface area contributed by atoms with Gasteiger partial charge < -0.3 is 25.5 Å². The van der Waals surface area contributed by atoms with Crippen LogP contribution in [0.15, 0.2) is 63.3 Å². The monoisotopic (exact) mass is 613 g/mol. The van der Waals surface area contributed by atoms with E-state index < -0.39 is 58.0 Å². The molecule has 3 aliphatic rings. The highest BCUT2D eigenvalue weighted by atomic mass is 16.3. The molecule has 13 nitrogen and oxygen atoms in total. The second-order valence-electron chi connectivity index (χ2n) is 11.7. The van der Waals surface area contributed by atoms with Gasteiger partial charge in [0.25, 0.3) is 5.91 Å². The maximum absolute atomic E-state index is 14.4. The summed E-state index contributed by atoms with van der Waals surface area (Å²) in [5.41, 5.74) is -3.21. The van der Waals surface area contributed by atoms with Gasteiger partial charge in [-0.1, -0.05) is 17.9 Å². The lowest BCUT2D eigenvalue weighted by molar-refractivity contribution is -0.134. The topological polar surface area (TPSA) is 189 Å². The molecule has 0 radical (unpaired) electrons. The van der Waals surface area contributed by atoms with Crippen LogP contribution in [0.25, 0.3) is 0 Å². The molecule has 0 aliphatic heterocycles. The number of aromatic hydroxyl groups is 1. The molecule has 4 atom stereocenters. The van der Waals surface area contributed by atoms with E-state index in [4.69, 9.17) is 0 Å². The van der Waals surface area contributed by atoms with E-state index in [1.807, 2.05) is 0 Å². The second kappa shape index (κ2) is 11.4. The molecular formula is C32H31N5O8. The number of hydrogen-bond donors (Lipinski definition) is 4. The number of anilines is 1. The van der Waals surface area contributed by atoms with Crippen LogP contribution < -0.4 is 10.2 Å². The maximum atomic E-state index is 14.4. The van der Waals surface area contributed by atoms with Crippen LogP contribution in [0.5, 0.6) is 5.75 Å². The van der Waals surface area contributed by atoms with E-state index in [-0.39, 0.29) is 41.0 Å². The first-order valence-electron chi connectivity index (χ1n) is 14.0. The number of Topliss-reactive ketones (excluding diaryl/α,β-unsaturated/α-hetero) is 2. The summed E-state index contributed by atoms with van der Waals surface area (Å²) in [4.78, 5) is 68.8. The molecule has 2 aromatic rings. The smallest absolute Gasteiger partial charge is 0.258 e. The standard InChI is InChI=1S/C32H31N5O8/c1-33-31(42)24-28(40)26(37(4)5)20-13-17-12-19-21(36(2)3)14-16(10-9-15-7-6-8-18(38)11-15)25(34-44)23(19)27(39)22(17)29(35-45)32(20,43)30(24)41/h6-8,11,14,17,20,26,38,41,43H,12-13H2,1-5H3,(H,33,42)/t17-,20-,26-,32-/m0/s1. The Morgan fingerprint density at radius 3 is 2.36 bits per heavy atom. The van der Waals surface area contributed by atoms with Crippen molar-refractivity contribution in [2.45, 2.75) is 24.5 Å². The molecule has 0 heterocycles. The van der Waals surface area contributed by atoms with Gasteiger partial charge in [-0.3, -0.25) is 19.3 Å². The molecule has 0 saturated heterocycles. The summed E-state index contributed by atoms with van der Waals surface area (Å²) >= 11 is 0. The van der Waals surface area contributed by atoms with Crippen LogP contribution >= 0.6 is 0 Å². The maximum Gasteiger partial charge on any atom is 0.258 e. The number of hydrogen-bond acceptors (Lipinski definition) is 12. The number of rotatable bonds is 5. The number of carbonyl (C=O) groups excluding carboxylic acids is 3. The zero-order valence-electron chi connectivity index (χ0n) is 25.2. The number of nitrogens with zero attached hydrogens (tertiary/aromatic N) is 4. The number of likely N-dealkylation sites (N-methyl/N-ethyl adjacent to an activating group) is 2. The van der Waals surface area contributed by atoms with Crippen molar-refractivity contribution < 1.29 is 29.7 Å². The van der Waals surface area contributed by atoms with E-state index in [0.29, 0.717) is 16.8 Å². The Bertz CT molecular complexity index is 1810. The summed E-state index contributed by atoms with van der Waals surface area (Å²) in [5, 5.41) is 41.7. The molecule has 4 N–H and O–H groups in total. The van der Waals surface area contributed by atoms with Crippen LogP contribution in [-0.2, 0) is 16.0 Å². The average Bonchev–Trinajstić information content (AvgIpc) is 2.99. The molecule has 5 rings (SSSR count). The number of fused-ring (bicyclic) bond motifs is 3. The molecule has 45 heavy (non-hydrogen) atoms. The summed E-state index contributed by atoms with van der Waals surface area (Å²) in [6.45, 7) is 0. The normalized spacial score (nSPS) is 23.8. The van der Waals surface area contributed by atoms with Gasteiger partial charge in [0.1, 0.15) is 28.5 Å². The zero-order chi connectivity index (χ0) is 33.0. The molecule has 3 aliphatic carbocycles. The molecule has 0 fully saturated rings. The molecule has 0 aromatic heterocycles. The minimum absolute atomic E-state index is 0.0108. The van der Waals surface area contributed by atoms with Crippen molar-refractivity contribution in [1.29, 1.82) is 0 Å². The van der Waals surface area contributed by atoms with Gasteiger partial charge in [0.15, 0.2) is 17.2 Å². The van der Waals surface area contributed by atoms with Crippen LogP contribution in [0.1, 0.15) is 33.5 Å². The predicted molar refractivity (Wildman–Crippen MR) is 164 cm³/mol. The van der Waals surface area contributed by atoms with Gasteiger partial charge in [-0.15, -0.1) is 9.81 Å². The van der Waals surface area contributed by atoms with E-state index in [1.165, 1.54) is 24.1 Å². The number of benzene rings is 2. The van der Waals surface area contributed by atoms with Crippen molar-refractivity contribution in [3.05, 3.63) is 85.0 Å². The quantitative estimate of drug-likeness (QED) is 0.221. The Labute approximate surface area is 258 Å². The van der Waals surface area contributed by atoms with E-state index >= 15 is 0 Å². The largest absolute Gasteiger partial charge is 0.508 e. The van der Waals surface area contributed by atoms with Crippen LogP contribution in [0.4, 0.5) is 11.4 Å². The number of aliphatic hydroxyl groups excluding tert-OH is 1. The first-order chi connectivity index (χ1) is 21.3. The summed E-state index contributed by atoms with van der Waals surface area (Å²) in [5.74, 6) is 0.206. The number of aliphatic hydroxyl groups is 2. The van der Waals surface area contributed by atoms with Crippen molar-refractivity contribution in [2.24, 2.45) is 22.2 Å². The van der Waals surface area contributed by atoms with E-state index in [0.717, 1.165) is 0 Å². The highest BCUT2D eigenvalue weighted by Gasteiger charge is 2.63. The lowest BCUT2D eigenvalue weighted by Crippen LogP contribution is -2.62. The molecule has 13 heteroatoms. The van der Waals surface area contributed by atoms with Crippen LogP contribution in [0.3, 0.4) is 0 Å². The van der Waals surface area contributed by atoms with Gasteiger partial charge in [0, 0.05) is 43.9 Å². The zero-order valence-corrected chi connectivity index (χ0v) is 25.2. The SMILES string of the molecule is CNC(=O)C1=C(O)[C@@]2(O)C(N=O)=C3C(=O)c4c(c(N(C)C)cc(C#Cc5cccc(O)c5)c4N=O)C[C@H]3C[C@H]2[C@H](N(C)C)C1=O. The number of amides is 1. The van der Waals surface area contributed by atoms with E-state index in [1.54, 1.807) is 51.3 Å². The molecule has 0 unspecified atom stereocenters. The minimum atomic E-state index is -2.66. The van der Waals surface area contributed by atoms with Gasteiger partial charge in [-0.25, -0.2) is 0 Å². The molecule has 0 spiro atoms. The minimum Gasteiger partial charge on any atom is -0.508 e. The fraction of sp³-hybridized carbons (Fsp3) is 0.344. The molecule has 2 aromatic carbocycles. The fourth-order valence-corrected chi connectivity index (χ4v) is 6.83. The van der Waals surface area contributed by atoms with Crippen molar-refractivity contribution in [2.75, 3.05) is 40.1 Å². The highest BCUT2D eigenvalue weighted by Crippen LogP contribution is 2.55. The number of nitrogens with one attached hydrogen (secondary N) is 1. The Balaban J connectivity index is 1.79. The number of ketones is 2. The predicted octanol–water partition coefficient (Wildman–Crippen LogP) is 2.45. The number of carbonyl (C=O) groups is 3. The number of allylic oxidation sites excluding steroid dienone is 1. The van der Waals surface area contributed by atoms with Gasteiger partial charge >= 0.3 is 0 Å². The first kappa shape index (κ1) is 31.2. The third-order valence-corrected chi connectivity index (χ3v) is 8.76. The first-order valence-corrected chi connectivity index (χ1v) is 14.0. The third kappa shape index (κ3) is 4.70. The highest BCUT2D eigenvalue weighted by molar-refractivity contribution is 6.23. The molecule has 0 saturated carbocycles. The van der Waals surface area contributed by atoms with E-state index in [9.17, 15) is 39.5 Å². The van der Waals surface area contributed by atoms with Crippen molar-refractivity contribution in [3.8, 4) is 17.6 Å². The molecule has 0 bridgehead atoms. The Morgan fingerprint density at radius 2 is 1.78 bits per heavy atom. The fourth-order valence-electron chi connectivity index (χ4n) is 6.83. The van der Waals surface area contributed by atoms with Gasteiger partial charge in [-0.2, -0.15) is 0 Å². The summed E-state index contributed by atoms with van der Waals surface area (Å²) < 4.78 is 0. The average molecular weight is 614 g/mol. The Hall–Kier alpha value is -5.19. The van der Waals surface area contributed by atoms with Crippen LogP contribution in [0, 0.1) is 33.5 Å². The molecular weight excluding hydrogens is 582 g/mol. The number of phenolic OH excluding ortho intramolecular Hbond substituents is 1. The third-order valence-electron chi connectivity index (χ3n) is 8.76. The van der Waals surface area contributed by atoms with Crippen molar-refractivity contribution in [3.63, 3.8) is 0 Å². The summed E-state index contributed by atoms with van der Waals surface area (Å²) in [6.07, 6.45) is 0.0743. The second-order valence-corrected chi connectivity index (χ2v) is 11.7. The summed E-state index contributed by atoms with van der Waals surface area (Å²) in [6, 6.07) is 6.63. The number of nitroso groups, excluding NO2 is 2. The number of phenols is 1. The van der Waals surface area contributed by atoms with E-state index in [2.05, 4.69) is 27.5 Å². The Kier molecular flexibility index (Phi) is 7.90. The van der Waals surface area contributed by atoms with Crippen molar-refractivity contribution in [1.82, 2.24) is 10.2 Å². The lowest BCUT2D eigenvalue weighted by Gasteiger charge is -2.50. The molecule has 1 amide bonds.